The van der Waals surface area contributed by atoms with Crippen molar-refractivity contribution >= 4 is 27.5 Å². The van der Waals surface area contributed by atoms with E-state index in [-0.39, 0.29) is 10.7 Å². The summed E-state index contributed by atoms with van der Waals surface area (Å²) >= 11 is 3.20. The molecule has 1 aromatic rings. The Hall–Kier alpha value is -1.23. The largest absolute Gasteiger partial charge is 0.486 e. The molecule has 1 heterocycles. The summed E-state index contributed by atoms with van der Waals surface area (Å²) in [6, 6.07) is 5.35. The van der Waals surface area contributed by atoms with Crippen molar-refractivity contribution in [3.05, 3.63) is 18.2 Å². The summed E-state index contributed by atoms with van der Waals surface area (Å²) in [4.78, 5) is 11.2. The van der Waals surface area contributed by atoms with Gasteiger partial charge < -0.3 is 14.8 Å². The highest BCUT2D eigenvalue weighted by atomic mass is 79.9. The van der Waals surface area contributed by atoms with Crippen LogP contribution in [-0.2, 0) is 4.79 Å². The number of halogens is 1. The maximum absolute atomic E-state index is 11.5. The lowest BCUT2D eigenvalue weighted by Crippen LogP contribution is -2.20. The maximum atomic E-state index is 11.5. The fourth-order valence-corrected chi connectivity index (χ4v) is 1.48. The molecule has 1 aliphatic rings. The first kappa shape index (κ1) is 11.3. The Morgan fingerprint density at radius 1 is 1.38 bits per heavy atom. The Bertz CT molecular complexity index is 406. The third-order valence-corrected chi connectivity index (χ3v) is 2.59. The molecule has 0 radical (unpaired) electrons. The molecule has 16 heavy (non-hydrogen) atoms. The van der Waals surface area contributed by atoms with Gasteiger partial charge in [0, 0.05) is 11.8 Å². The molecule has 1 atom stereocenters. The van der Waals surface area contributed by atoms with E-state index in [9.17, 15) is 4.79 Å². The van der Waals surface area contributed by atoms with E-state index in [1.54, 1.807) is 25.1 Å². The Balaban J connectivity index is 2.14. The molecule has 1 aliphatic heterocycles. The number of carbonyl (C=O) groups is 1. The lowest BCUT2D eigenvalue weighted by atomic mass is 10.2. The second kappa shape index (κ2) is 4.74. The minimum atomic E-state index is -0.222. The van der Waals surface area contributed by atoms with Gasteiger partial charge in [-0.2, -0.15) is 0 Å². The van der Waals surface area contributed by atoms with Crippen LogP contribution in [0.5, 0.6) is 11.5 Å². The third-order valence-electron chi connectivity index (χ3n) is 2.17. The number of hydrogen-bond donors (Lipinski definition) is 1. The van der Waals surface area contributed by atoms with Crippen molar-refractivity contribution in [2.75, 3.05) is 18.5 Å². The number of hydrogen-bond acceptors (Lipinski definition) is 3. The number of rotatable bonds is 2. The highest BCUT2D eigenvalue weighted by Crippen LogP contribution is 2.32. The molecule has 0 fully saturated rings. The molecule has 0 saturated heterocycles. The summed E-state index contributed by atoms with van der Waals surface area (Å²) in [5.41, 5.74) is 0.709. The number of nitrogens with one attached hydrogen (secondary N) is 1. The van der Waals surface area contributed by atoms with Gasteiger partial charge in [-0.05, 0) is 19.1 Å². The maximum Gasteiger partial charge on any atom is 0.237 e. The van der Waals surface area contributed by atoms with Crippen LogP contribution in [0.4, 0.5) is 5.69 Å². The van der Waals surface area contributed by atoms with E-state index in [4.69, 9.17) is 9.47 Å². The summed E-state index contributed by atoms with van der Waals surface area (Å²) in [6.07, 6.45) is 0. The van der Waals surface area contributed by atoms with Crippen LogP contribution in [0, 0.1) is 0 Å². The first-order valence-electron chi connectivity index (χ1n) is 5.01. The molecule has 0 aromatic heterocycles. The molecule has 0 spiro atoms. The minimum absolute atomic E-state index is 0.0864. The fourth-order valence-electron chi connectivity index (χ4n) is 1.36. The fraction of sp³-hybridized carbons (Fsp3) is 0.364. The molecule has 0 aliphatic carbocycles. The van der Waals surface area contributed by atoms with Gasteiger partial charge in [0.15, 0.2) is 11.5 Å². The first-order chi connectivity index (χ1) is 7.66. The standard InChI is InChI=1S/C11H12BrNO3/c1-7(12)11(14)13-8-2-3-9-10(6-8)16-5-4-15-9/h2-3,6-7H,4-5H2,1H3,(H,13,14). The number of fused-ring (bicyclic) bond motifs is 1. The van der Waals surface area contributed by atoms with Crippen LogP contribution in [0.15, 0.2) is 18.2 Å². The molecular weight excluding hydrogens is 274 g/mol. The van der Waals surface area contributed by atoms with E-state index in [1.165, 1.54) is 0 Å². The summed E-state index contributed by atoms with van der Waals surface area (Å²) in [6.45, 7) is 2.88. The van der Waals surface area contributed by atoms with Crippen LogP contribution in [0.3, 0.4) is 0 Å². The highest BCUT2D eigenvalue weighted by molar-refractivity contribution is 9.10. The van der Waals surface area contributed by atoms with Gasteiger partial charge in [-0.1, -0.05) is 15.9 Å². The molecule has 2 rings (SSSR count). The number of carbonyl (C=O) groups excluding carboxylic acids is 1. The van der Waals surface area contributed by atoms with E-state index in [0.717, 1.165) is 5.75 Å². The van der Waals surface area contributed by atoms with Crippen LogP contribution in [0.2, 0.25) is 0 Å². The molecule has 1 unspecified atom stereocenters. The lowest BCUT2D eigenvalue weighted by Gasteiger charge is -2.19. The number of alkyl halides is 1. The second-order valence-electron chi connectivity index (χ2n) is 3.46. The van der Waals surface area contributed by atoms with Crippen molar-refractivity contribution in [1.82, 2.24) is 0 Å². The first-order valence-corrected chi connectivity index (χ1v) is 5.93. The molecule has 0 bridgehead atoms. The van der Waals surface area contributed by atoms with Gasteiger partial charge >= 0.3 is 0 Å². The number of amides is 1. The zero-order valence-electron chi connectivity index (χ0n) is 8.83. The van der Waals surface area contributed by atoms with Gasteiger partial charge in [-0.15, -0.1) is 0 Å². The van der Waals surface area contributed by atoms with Gasteiger partial charge in [0.1, 0.15) is 13.2 Å². The monoisotopic (exact) mass is 285 g/mol. The minimum Gasteiger partial charge on any atom is -0.486 e. The smallest absolute Gasteiger partial charge is 0.237 e. The predicted molar refractivity (Wildman–Crippen MR) is 64.5 cm³/mol. The van der Waals surface area contributed by atoms with E-state index in [2.05, 4.69) is 21.2 Å². The molecule has 1 amide bonds. The summed E-state index contributed by atoms with van der Waals surface area (Å²) in [5, 5.41) is 2.77. The van der Waals surface area contributed by atoms with Crippen molar-refractivity contribution < 1.29 is 14.3 Å². The van der Waals surface area contributed by atoms with E-state index in [0.29, 0.717) is 24.7 Å². The van der Waals surface area contributed by atoms with Gasteiger partial charge in [-0.3, -0.25) is 4.79 Å². The lowest BCUT2D eigenvalue weighted by molar-refractivity contribution is -0.115. The Kier molecular flexibility index (Phi) is 3.33. The average molecular weight is 286 g/mol. The SMILES string of the molecule is CC(Br)C(=O)Nc1ccc2c(c1)OCCO2. The molecule has 5 heteroatoms. The van der Waals surface area contributed by atoms with Gasteiger partial charge in [0.05, 0.1) is 4.83 Å². The van der Waals surface area contributed by atoms with Gasteiger partial charge in [-0.25, -0.2) is 0 Å². The Morgan fingerprint density at radius 3 is 2.75 bits per heavy atom. The van der Waals surface area contributed by atoms with Crippen molar-refractivity contribution in [1.29, 1.82) is 0 Å². The van der Waals surface area contributed by atoms with Crippen LogP contribution in [0.25, 0.3) is 0 Å². The van der Waals surface area contributed by atoms with Crippen LogP contribution in [-0.4, -0.2) is 23.9 Å². The zero-order chi connectivity index (χ0) is 11.5. The molecule has 1 N–H and O–H groups in total. The molecule has 1 aromatic carbocycles. The predicted octanol–water partition coefficient (Wildman–Crippen LogP) is 2.18. The van der Waals surface area contributed by atoms with Gasteiger partial charge in [0.2, 0.25) is 5.91 Å². The van der Waals surface area contributed by atoms with E-state index >= 15 is 0 Å². The normalized spacial score (nSPS) is 15.4. The van der Waals surface area contributed by atoms with E-state index in [1.807, 2.05) is 0 Å². The Labute approximate surface area is 102 Å². The second-order valence-corrected chi connectivity index (χ2v) is 4.84. The zero-order valence-corrected chi connectivity index (χ0v) is 10.4. The number of benzene rings is 1. The van der Waals surface area contributed by atoms with Crippen LogP contribution >= 0.6 is 15.9 Å². The quantitative estimate of drug-likeness (QED) is 0.848. The topological polar surface area (TPSA) is 47.6 Å². The van der Waals surface area contributed by atoms with Crippen LogP contribution < -0.4 is 14.8 Å². The van der Waals surface area contributed by atoms with Crippen LogP contribution in [0.1, 0.15) is 6.92 Å². The summed E-state index contributed by atoms with van der Waals surface area (Å²) < 4.78 is 10.8. The number of ether oxygens (including phenoxy) is 2. The number of anilines is 1. The van der Waals surface area contributed by atoms with Crippen molar-refractivity contribution in [3.8, 4) is 11.5 Å². The third kappa shape index (κ3) is 2.47. The van der Waals surface area contributed by atoms with Gasteiger partial charge in [0.25, 0.3) is 0 Å². The summed E-state index contributed by atoms with van der Waals surface area (Å²) in [7, 11) is 0. The van der Waals surface area contributed by atoms with Crippen molar-refractivity contribution in [2.45, 2.75) is 11.8 Å². The molecule has 0 saturated carbocycles. The van der Waals surface area contributed by atoms with E-state index < -0.39 is 0 Å². The average Bonchev–Trinajstić information content (AvgIpc) is 2.28. The van der Waals surface area contributed by atoms with Crippen molar-refractivity contribution in [3.63, 3.8) is 0 Å². The Morgan fingerprint density at radius 2 is 2.06 bits per heavy atom. The molecular formula is C11H12BrNO3. The summed E-state index contributed by atoms with van der Waals surface area (Å²) in [5.74, 6) is 1.30. The highest BCUT2D eigenvalue weighted by Gasteiger charge is 2.14. The molecule has 4 nitrogen and oxygen atoms in total. The molecule has 86 valence electrons. The van der Waals surface area contributed by atoms with Crippen molar-refractivity contribution in [2.24, 2.45) is 0 Å².